The lowest BCUT2D eigenvalue weighted by atomic mass is 10.2. The molecule has 126 valence electrons. The average Bonchev–Trinajstić information content (AvgIpc) is 3.14. The zero-order valence-electron chi connectivity index (χ0n) is 13.7. The zero-order valence-corrected chi connectivity index (χ0v) is 14.5. The van der Waals surface area contributed by atoms with Crippen LogP contribution in [0.5, 0.6) is 0 Å². The number of aromatic nitrogens is 1. The molecule has 1 atom stereocenters. The molecule has 24 heavy (non-hydrogen) atoms. The normalized spacial score (nSPS) is 16.8. The summed E-state index contributed by atoms with van der Waals surface area (Å²) in [6.07, 6.45) is 6.17. The van der Waals surface area contributed by atoms with Gasteiger partial charge in [-0.1, -0.05) is 30.3 Å². The van der Waals surface area contributed by atoms with Crippen molar-refractivity contribution in [2.24, 2.45) is 0 Å². The Hall–Kier alpha value is -1.98. The first kappa shape index (κ1) is 16.9. The summed E-state index contributed by atoms with van der Waals surface area (Å²) in [5.74, 6) is 0. The van der Waals surface area contributed by atoms with Gasteiger partial charge in [0, 0.05) is 38.6 Å². The van der Waals surface area contributed by atoms with Crippen molar-refractivity contribution in [3.8, 4) is 0 Å². The number of benzene rings is 1. The molecule has 0 aliphatic carbocycles. The third-order valence-electron chi connectivity index (χ3n) is 4.13. The molecule has 0 bridgehead atoms. The van der Waals surface area contributed by atoms with Crippen LogP contribution in [0.3, 0.4) is 0 Å². The topological polar surface area (TPSA) is 37.4 Å². The molecule has 4 nitrogen and oxygen atoms in total. The van der Waals surface area contributed by atoms with Crippen molar-refractivity contribution in [3.63, 3.8) is 0 Å². The molecule has 0 unspecified atom stereocenters. The van der Waals surface area contributed by atoms with Gasteiger partial charge in [0.05, 0.1) is 6.10 Å². The lowest BCUT2D eigenvalue weighted by Crippen LogP contribution is -2.41. The van der Waals surface area contributed by atoms with Crippen LogP contribution >= 0.6 is 12.2 Å². The molecule has 1 fully saturated rings. The van der Waals surface area contributed by atoms with E-state index in [9.17, 15) is 0 Å². The predicted molar refractivity (Wildman–Crippen MR) is 99.5 cm³/mol. The maximum absolute atomic E-state index is 5.67. The van der Waals surface area contributed by atoms with Crippen LogP contribution in [0.2, 0.25) is 0 Å². The first-order valence-electron chi connectivity index (χ1n) is 8.38. The highest BCUT2D eigenvalue weighted by Gasteiger charge is 2.17. The molecular weight excluding hydrogens is 318 g/mol. The molecule has 5 heteroatoms. The first-order valence-corrected chi connectivity index (χ1v) is 8.79. The number of thiocarbonyl (C=S) groups is 1. The molecule has 3 rings (SSSR count). The van der Waals surface area contributed by atoms with Crippen molar-refractivity contribution in [1.29, 1.82) is 0 Å². The third-order valence-corrected chi connectivity index (χ3v) is 4.53. The Morgan fingerprint density at radius 1 is 1.12 bits per heavy atom. The molecule has 1 aliphatic heterocycles. The van der Waals surface area contributed by atoms with Crippen LogP contribution in [0.1, 0.15) is 24.0 Å². The van der Waals surface area contributed by atoms with Crippen molar-refractivity contribution < 1.29 is 4.74 Å². The van der Waals surface area contributed by atoms with Crippen molar-refractivity contribution in [1.82, 2.24) is 15.2 Å². The highest BCUT2D eigenvalue weighted by atomic mass is 32.1. The molecular formula is C19H23N3OS. The minimum Gasteiger partial charge on any atom is -0.376 e. The number of hydrogen-bond acceptors (Lipinski definition) is 3. The summed E-state index contributed by atoms with van der Waals surface area (Å²) >= 11 is 5.65. The summed E-state index contributed by atoms with van der Waals surface area (Å²) in [4.78, 5) is 6.28. The zero-order chi connectivity index (χ0) is 16.6. The second-order valence-corrected chi connectivity index (χ2v) is 6.40. The quantitative estimate of drug-likeness (QED) is 0.817. The molecule has 1 aliphatic rings. The van der Waals surface area contributed by atoms with Gasteiger partial charge in [0.1, 0.15) is 0 Å². The second-order valence-electron chi connectivity index (χ2n) is 6.02. The summed E-state index contributed by atoms with van der Waals surface area (Å²) in [5.41, 5.74) is 2.44. The fourth-order valence-electron chi connectivity index (χ4n) is 2.83. The van der Waals surface area contributed by atoms with Crippen LogP contribution in [0.4, 0.5) is 0 Å². The summed E-state index contributed by atoms with van der Waals surface area (Å²) in [5, 5.41) is 4.15. The predicted octanol–water partition coefficient (Wildman–Crippen LogP) is 3.14. The fourth-order valence-corrected chi connectivity index (χ4v) is 3.04. The van der Waals surface area contributed by atoms with Gasteiger partial charge in [-0.25, -0.2) is 0 Å². The monoisotopic (exact) mass is 341 g/mol. The van der Waals surface area contributed by atoms with Crippen LogP contribution in [0, 0.1) is 0 Å². The summed E-state index contributed by atoms with van der Waals surface area (Å²) in [6.45, 7) is 3.18. The number of hydrogen-bond donors (Lipinski definition) is 1. The highest BCUT2D eigenvalue weighted by Crippen LogP contribution is 2.13. The molecule has 1 aromatic carbocycles. The van der Waals surface area contributed by atoms with E-state index in [1.807, 2.05) is 30.6 Å². The molecule has 0 amide bonds. The molecule has 2 aromatic rings. The van der Waals surface area contributed by atoms with Gasteiger partial charge < -0.3 is 15.0 Å². The van der Waals surface area contributed by atoms with Gasteiger partial charge in [-0.15, -0.1) is 0 Å². The van der Waals surface area contributed by atoms with E-state index < -0.39 is 0 Å². The number of nitrogens with one attached hydrogen (secondary N) is 1. The Labute approximate surface area is 148 Å². The highest BCUT2D eigenvalue weighted by molar-refractivity contribution is 7.80. The fraction of sp³-hybridized carbons (Fsp3) is 0.368. The Morgan fingerprint density at radius 2 is 1.83 bits per heavy atom. The van der Waals surface area contributed by atoms with Crippen LogP contribution < -0.4 is 5.32 Å². The van der Waals surface area contributed by atoms with E-state index in [0.717, 1.165) is 44.2 Å². The lowest BCUT2D eigenvalue weighted by Gasteiger charge is -2.27. The molecule has 1 saturated heterocycles. The van der Waals surface area contributed by atoms with E-state index >= 15 is 0 Å². The molecule has 0 spiro atoms. The Kier molecular flexibility index (Phi) is 6.15. The van der Waals surface area contributed by atoms with Crippen molar-refractivity contribution in [2.45, 2.75) is 32.0 Å². The third kappa shape index (κ3) is 5.01. The minimum absolute atomic E-state index is 0.280. The van der Waals surface area contributed by atoms with Gasteiger partial charge in [-0.3, -0.25) is 4.98 Å². The van der Waals surface area contributed by atoms with E-state index in [0.29, 0.717) is 0 Å². The minimum atomic E-state index is 0.280. The number of nitrogens with zero attached hydrogens (tertiary/aromatic N) is 2. The SMILES string of the molecule is S=C(NC[C@H]1CCCO1)N(Cc1ccccc1)Cc1ccncc1. The van der Waals surface area contributed by atoms with Gasteiger partial charge in [-0.05, 0) is 48.3 Å². The van der Waals surface area contributed by atoms with Crippen LogP contribution in [0.25, 0.3) is 0 Å². The maximum Gasteiger partial charge on any atom is 0.169 e. The number of ether oxygens (including phenoxy) is 1. The number of rotatable bonds is 6. The molecule has 2 heterocycles. The van der Waals surface area contributed by atoms with Crippen LogP contribution in [-0.4, -0.2) is 34.3 Å². The van der Waals surface area contributed by atoms with Gasteiger partial charge in [0.25, 0.3) is 0 Å². The molecule has 1 N–H and O–H groups in total. The van der Waals surface area contributed by atoms with E-state index in [-0.39, 0.29) is 6.10 Å². The van der Waals surface area contributed by atoms with Gasteiger partial charge in [-0.2, -0.15) is 0 Å². The summed E-state index contributed by atoms with van der Waals surface area (Å²) < 4.78 is 5.67. The van der Waals surface area contributed by atoms with E-state index in [2.05, 4.69) is 39.5 Å². The van der Waals surface area contributed by atoms with E-state index in [4.69, 9.17) is 17.0 Å². The van der Waals surface area contributed by atoms with Crippen molar-refractivity contribution in [2.75, 3.05) is 13.2 Å². The van der Waals surface area contributed by atoms with Crippen LogP contribution in [0.15, 0.2) is 54.9 Å². The van der Waals surface area contributed by atoms with Gasteiger partial charge >= 0.3 is 0 Å². The van der Waals surface area contributed by atoms with Crippen molar-refractivity contribution >= 4 is 17.3 Å². The molecule has 0 radical (unpaired) electrons. The maximum atomic E-state index is 5.67. The second kappa shape index (κ2) is 8.76. The van der Waals surface area contributed by atoms with Crippen molar-refractivity contribution in [3.05, 3.63) is 66.0 Å². The van der Waals surface area contributed by atoms with Crippen LogP contribution in [-0.2, 0) is 17.8 Å². The smallest absolute Gasteiger partial charge is 0.169 e. The molecule has 1 aromatic heterocycles. The lowest BCUT2D eigenvalue weighted by molar-refractivity contribution is 0.113. The van der Waals surface area contributed by atoms with Gasteiger partial charge in [0.2, 0.25) is 0 Å². The largest absolute Gasteiger partial charge is 0.376 e. The standard InChI is InChI=1S/C19H23N3OS/c24-19(21-13-18-7-4-12-23-18)22(14-16-5-2-1-3-6-16)15-17-8-10-20-11-9-17/h1-3,5-6,8-11,18H,4,7,12-15H2,(H,21,24)/t18-/m1/s1. The Bertz CT molecular complexity index is 588. The Balaban J connectivity index is 1.64. The van der Waals surface area contributed by atoms with E-state index in [1.165, 1.54) is 11.1 Å². The summed E-state index contributed by atoms with van der Waals surface area (Å²) in [6, 6.07) is 14.5. The Morgan fingerprint density at radius 3 is 2.50 bits per heavy atom. The summed E-state index contributed by atoms with van der Waals surface area (Å²) in [7, 11) is 0. The van der Waals surface area contributed by atoms with Gasteiger partial charge in [0.15, 0.2) is 5.11 Å². The average molecular weight is 341 g/mol. The number of pyridine rings is 1. The molecule has 0 saturated carbocycles. The first-order chi connectivity index (χ1) is 11.8. The van der Waals surface area contributed by atoms with E-state index in [1.54, 1.807) is 0 Å².